The lowest BCUT2D eigenvalue weighted by Gasteiger charge is -2.14. The quantitative estimate of drug-likeness (QED) is 0.930. The predicted octanol–water partition coefficient (Wildman–Crippen LogP) is 2.02. The first-order chi connectivity index (χ1) is 10.2. The van der Waals surface area contributed by atoms with Gasteiger partial charge in [-0.25, -0.2) is 0 Å². The van der Waals surface area contributed by atoms with Gasteiger partial charge < -0.3 is 5.11 Å². The molecule has 1 fully saturated rings. The highest BCUT2D eigenvalue weighted by molar-refractivity contribution is 5.69. The standard InChI is InChI=1S/C16H17N3O2/c20-16(21)11-19-8-4-14(10-19)13-3-7-18-15(9-13)12-1-5-17-6-2-12/h1-3,5-7,9,14H,4,8,10-11H2,(H,20,21)/t14-/m0/s1. The van der Waals surface area contributed by atoms with E-state index in [1.807, 2.05) is 29.3 Å². The van der Waals surface area contributed by atoms with Gasteiger partial charge in [0.05, 0.1) is 12.2 Å². The van der Waals surface area contributed by atoms with E-state index in [2.05, 4.69) is 16.0 Å². The Labute approximate surface area is 123 Å². The molecule has 21 heavy (non-hydrogen) atoms. The number of carboxylic acid groups (broad SMARTS) is 1. The Morgan fingerprint density at radius 1 is 1.29 bits per heavy atom. The Bertz CT molecular complexity index is 630. The molecule has 3 rings (SSSR count). The van der Waals surface area contributed by atoms with E-state index in [0.29, 0.717) is 5.92 Å². The van der Waals surface area contributed by atoms with Gasteiger partial charge in [0, 0.05) is 30.7 Å². The van der Waals surface area contributed by atoms with Gasteiger partial charge in [-0.3, -0.25) is 19.7 Å². The fourth-order valence-electron chi connectivity index (χ4n) is 2.82. The van der Waals surface area contributed by atoms with Crippen molar-refractivity contribution >= 4 is 5.97 Å². The molecule has 0 bridgehead atoms. The highest BCUT2D eigenvalue weighted by atomic mass is 16.4. The molecular weight excluding hydrogens is 266 g/mol. The van der Waals surface area contributed by atoms with Crippen LogP contribution in [0.1, 0.15) is 17.9 Å². The van der Waals surface area contributed by atoms with Crippen molar-refractivity contribution in [3.8, 4) is 11.3 Å². The van der Waals surface area contributed by atoms with Crippen LogP contribution in [0.25, 0.3) is 11.3 Å². The lowest BCUT2D eigenvalue weighted by atomic mass is 9.98. The monoisotopic (exact) mass is 283 g/mol. The van der Waals surface area contributed by atoms with E-state index in [-0.39, 0.29) is 6.54 Å². The van der Waals surface area contributed by atoms with E-state index in [1.54, 1.807) is 12.4 Å². The second-order valence-corrected chi connectivity index (χ2v) is 5.32. The summed E-state index contributed by atoms with van der Waals surface area (Å²) in [5, 5.41) is 8.87. The summed E-state index contributed by atoms with van der Waals surface area (Å²) < 4.78 is 0. The molecule has 0 radical (unpaired) electrons. The van der Waals surface area contributed by atoms with Gasteiger partial charge in [-0.1, -0.05) is 0 Å². The number of aliphatic carboxylic acids is 1. The zero-order valence-corrected chi connectivity index (χ0v) is 11.6. The topological polar surface area (TPSA) is 66.3 Å². The number of hydrogen-bond acceptors (Lipinski definition) is 4. The fourth-order valence-corrected chi connectivity index (χ4v) is 2.82. The van der Waals surface area contributed by atoms with Crippen molar-refractivity contribution in [1.29, 1.82) is 0 Å². The highest BCUT2D eigenvalue weighted by Gasteiger charge is 2.25. The summed E-state index contributed by atoms with van der Waals surface area (Å²) in [5.41, 5.74) is 3.21. The molecule has 1 N–H and O–H groups in total. The highest BCUT2D eigenvalue weighted by Crippen LogP contribution is 2.29. The number of hydrogen-bond donors (Lipinski definition) is 1. The second kappa shape index (κ2) is 6.01. The number of aromatic nitrogens is 2. The van der Waals surface area contributed by atoms with Crippen molar-refractivity contribution in [3.63, 3.8) is 0 Å². The third-order valence-electron chi connectivity index (χ3n) is 3.86. The van der Waals surface area contributed by atoms with E-state index < -0.39 is 5.97 Å². The van der Waals surface area contributed by atoms with Gasteiger partial charge in [-0.15, -0.1) is 0 Å². The maximum absolute atomic E-state index is 10.8. The van der Waals surface area contributed by atoms with E-state index in [9.17, 15) is 4.79 Å². The van der Waals surface area contributed by atoms with Gasteiger partial charge in [-0.2, -0.15) is 0 Å². The molecule has 1 aliphatic heterocycles. The molecule has 1 atom stereocenters. The number of carbonyl (C=O) groups is 1. The molecule has 0 saturated carbocycles. The zero-order valence-electron chi connectivity index (χ0n) is 11.6. The normalized spacial score (nSPS) is 18.8. The number of likely N-dealkylation sites (tertiary alicyclic amines) is 1. The van der Waals surface area contributed by atoms with Crippen molar-refractivity contribution in [3.05, 3.63) is 48.4 Å². The molecule has 1 saturated heterocycles. The summed E-state index contributed by atoms with van der Waals surface area (Å²) in [6.07, 6.45) is 6.33. The zero-order chi connectivity index (χ0) is 14.7. The summed E-state index contributed by atoms with van der Waals surface area (Å²) in [6.45, 7) is 1.76. The van der Waals surface area contributed by atoms with Gasteiger partial charge in [0.2, 0.25) is 0 Å². The molecule has 5 heteroatoms. The number of rotatable bonds is 4. The molecule has 0 unspecified atom stereocenters. The minimum atomic E-state index is -0.761. The van der Waals surface area contributed by atoms with Gasteiger partial charge in [-0.05, 0) is 48.7 Å². The Morgan fingerprint density at radius 2 is 2.10 bits per heavy atom. The van der Waals surface area contributed by atoms with E-state index in [4.69, 9.17) is 5.11 Å². The largest absolute Gasteiger partial charge is 0.480 e. The van der Waals surface area contributed by atoms with Crippen molar-refractivity contribution in [2.24, 2.45) is 0 Å². The molecule has 0 spiro atoms. The number of nitrogens with zero attached hydrogens (tertiary/aromatic N) is 3. The Kier molecular flexibility index (Phi) is 3.92. The number of pyridine rings is 2. The SMILES string of the molecule is O=C(O)CN1CC[C@H](c2ccnc(-c3ccncc3)c2)C1. The lowest BCUT2D eigenvalue weighted by molar-refractivity contribution is -0.138. The van der Waals surface area contributed by atoms with Crippen LogP contribution in [0.2, 0.25) is 0 Å². The first-order valence-electron chi connectivity index (χ1n) is 7.03. The van der Waals surface area contributed by atoms with Crippen LogP contribution in [0.5, 0.6) is 0 Å². The Balaban J connectivity index is 1.77. The maximum Gasteiger partial charge on any atom is 0.317 e. The number of carboxylic acids is 1. The first-order valence-corrected chi connectivity index (χ1v) is 7.03. The molecule has 0 aliphatic carbocycles. The lowest BCUT2D eigenvalue weighted by Crippen LogP contribution is -2.27. The third kappa shape index (κ3) is 3.25. The predicted molar refractivity (Wildman–Crippen MR) is 78.9 cm³/mol. The minimum Gasteiger partial charge on any atom is -0.480 e. The average Bonchev–Trinajstić information content (AvgIpc) is 2.96. The van der Waals surface area contributed by atoms with E-state index >= 15 is 0 Å². The molecule has 5 nitrogen and oxygen atoms in total. The smallest absolute Gasteiger partial charge is 0.317 e. The Hall–Kier alpha value is -2.27. The van der Waals surface area contributed by atoms with Gasteiger partial charge in [0.1, 0.15) is 0 Å². The summed E-state index contributed by atoms with van der Waals surface area (Å²) in [7, 11) is 0. The molecular formula is C16H17N3O2. The Morgan fingerprint density at radius 3 is 2.86 bits per heavy atom. The van der Waals surface area contributed by atoms with E-state index in [1.165, 1.54) is 5.56 Å². The third-order valence-corrected chi connectivity index (χ3v) is 3.86. The van der Waals surface area contributed by atoms with Crippen LogP contribution in [-0.4, -0.2) is 45.6 Å². The van der Waals surface area contributed by atoms with Crippen LogP contribution >= 0.6 is 0 Å². The first kappa shape index (κ1) is 13.7. The minimum absolute atomic E-state index is 0.124. The molecule has 2 aromatic rings. The maximum atomic E-state index is 10.8. The van der Waals surface area contributed by atoms with Gasteiger partial charge >= 0.3 is 5.97 Å². The molecule has 108 valence electrons. The molecule has 2 aromatic heterocycles. The van der Waals surface area contributed by atoms with Crippen LogP contribution in [0, 0.1) is 0 Å². The van der Waals surface area contributed by atoms with Gasteiger partial charge in [0.15, 0.2) is 0 Å². The molecule has 1 aliphatic rings. The second-order valence-electron chi connectivity index (χ2n) is 5.32. The van der Waals surface area contributed by atoms with Crippen molar-refractivity contribution < 1.29 is 9.90 Å². The molecule has 3 heterocycles. The fraction of sp³-hybridized carbons (Fsp3) is 0.312. The van der Waals surface area contributed by atoms with Crippen LogP contribution < -0.4 is 0 Å². The summed E-state index contributed by atoms with van der Waals surface area (Å²) in [4.78, 5) is 21.2. The van der Waals surface area contributed by atoms with Crippen molar-refractivity contribution in [2.75, 3.05) is 19.6 Å². The summed E-state index contributed by atoms with van der Waals surface area (Å²) >= 11 is 0. The van der Waals surface area contributed by atoms with Crippen LogP contribution in [0.4, 0.5) is 0 Å². The van der Waals surface area contributed by atoms with Gasteiger partial charge in [0.25, 0.3) is 0 Å². The average molecular weight is 283 g/mol. The van der Waals surface area contributed by atoms with Crippen molar-refractivity contribution in [1.82, 2.24) is 14.9 Å². The summed E-state index contributed by atoms with van der Waals surface area (Å²) in [5.74, 6) is -0.379. The molecule has 0 amide bonds. The van der Waals surface area contributed by atoms with E-state index in [0.717, 1.165) is 30.8 Å². The van der Waals surface area contributed by atoms with Crippen molar-refractivity contribution in [2.45, 2.75) is 12.3 Å². The van der Waals surface area contributed by atoms with Crippen LogP contribution in [-0.2, 0) is 4.79 Å². The van der Waals surface area contributed by atoms with Crippen LogP contribution in [0.3, 0.4) is 0 Å². The molecule has 0 aromatic carbocycles. The summed E-state index contributed by atoms with van der Waals surface area (Å²) in [6, 6.07) is 8.01. The van der Waals surface area contributed by atoms with Crippen LogP contribution in [0.15, 0.2) is 42.9 Å².